The van der Waals surface area contributed by atoms with Crippen molar-refractivity contribution in [3.63, 3.8) is 0 Å². The lowest BCUT2D eigenvalue weighted by Crippen LogP contribution is -2.39. The molecule has 5 nitrogen and oxygen atoms in total. The second kappa shape index (κ2) is 7.57. The summed E-state index contributed by atoms with van der Waals surface area (Å²) in [5.74, 6) is -0.344. The third-order valence-electron chi connectivity index (χ3n) is 3.26. The highest BCUT2D eigenvalue weighted by Crippen LogP contribution is 2.27. The van der Waals surface area contributed by atoms with Crippen LogP contribution in [0.3, 0.4) is 0 Å². The van der Waals surface area contributed by atoms with Crippen LogP contribution in [-0.4, -0.2) is 32.2 Å². The lowest BCUT2D eigenvalue weighted by atomic mass is 10.1. The maximum atomic E-state index is 12.4. The first-order valence-corrected chi connectivity index (χ1v) is 9.91. The fourth-order valence-corrected chi connectivity index (χ4v) is 5.34. The summed E-state index contributed by atoms with van der Waals surface area (Å²) < 4.78 is 26.7. The van der Waals surface area contributed by atoms with Crippen molar-refractivity contribution in [3.05, 3.63) is 51.8 Å². The number of nitrogens with zero attached hydrogens (tertiary/aromatic N) is 1. The molecular formula is C15H17BrN2O3S2. The first-order valence-electron chi connectivity index (χ1n) is 6.86. The minimum atomic E-state index is -3.65. The summed E-state index contributed by atoms with van der Waals surface area (Å²) in [6.45, 7) is 1.63. The van der Waals surface area contributed by atoms with Crippen LogP contribution in [0.4, 0.5) is 0 Å². The molecule has 0 unspecified atom stereocenters. The molecule has 1 aromatic carbocycles. The molecule has 0 fully saturated rings. The van der Waals surface area contributed by atoms with E-state index < -0.39 is 10.0 Å². The highest BCUT2D eigenvalue weighted by Gasteiger charge is 2.25. The fourth-order valence-electron chi connectivity index (χ4n) is 1.99. The fraction of sp³-hybridized carbons (Fsp3) is 0.267. The van der Waals surface area contributed by atoms with Crippen LogP contribution >= 0.6 is 27.3 Å². The lowest BCUT2D eigenvalue weighted by Gasteiger charge is -2.18. The van der Waals surface area contributed by atoms with Gasteiger partial charge in [-0.3, -0.25) is 4.79 Å². The number of carbonyl (C=O) groups excluding carboxylic acids is 1. The summed E-state index contributed by atoms with van der Waals surface area (Å²) in [6.07, 6.45) is 0. The molecule has 1 atom stereocenters. The number of nitrogens with one attached hydrogen (secondary N) is 1. The molecule has 1 aromatic heterocycles. The van der Waals surface area contributed by atoms with Gasteiger partial charge in [-0.2, -0.15) is 4.31 Å². The number of hydrogen-bond donors (Lipinski definition) is 1. The van der Waals surface area contributed by atoms with Crippen molar-refractivity contribution < 1.29 is 13.2 Å². The summed E-state index contributed by atoms with van der Waals surface area (Å²) in [5, 5.41) is 2.80. The molecule has 1 heterocycles. The average Bonchev–Trinajstić information content (AvgIpc) is 2.95. The highest BCUT2D eigenvalue weighted by molar-refractivity contribution is 9.11. The first-order chi connectivity index (χ1) is 10.8. The maximum absolute atomic E-state index is 12.4. The van der Waals surface area contributed by atoms with E-state index in [1.165, 1.54) is 13.1 Å². The van der Waals surface area contributed by atoms with Gasteiger partial charge in [0.05, 0.1) is 16.4 Å². The Balaban J connectivity index is 1.99. The van der Waals surface area contributed by atoms with Gasteiger partial charge < -0.3 is 5.32 Å². The minimum Gasteiger partial charge on any atom is -0.348 e. The highest BCUT2D eigenvalue weighted by atomic mass is 79.9. The van der Waals surface area contributed by atoms with Crippen LogP contribution in [-0.2, 0) is 14.8 Å². The van der Waals surface area contributed by atoms with E-state index in [4.69, 9.17) is 0 Å². The number of halogens is 1. The van der Waals surface area contributed by atoms with Gasteiger partial charge in [0.1, 0.15) is 4.21 Å². The molecule has 0 saturated carbocycles. The van der Waals surface area contributed by atoms with Gasteiger partial charge in [0, 0.05) is 7.05 Å². The van der Waals surface area contributed by atoms with Gasteiger partial charge >= 0.3 is 0 Å². The number of thiophene rings is 1. The molecule has 8 heteroatoms. The second-order valence-corrected chi connectivity index (χ2v) is 9.75. The standard InChI is InChI=1S/C15H17BrN2O3S2/c1-11(12-6-4-3-5-7-12)17-14(19)10-18(2)23(20,21)15-9-8-13(16)22-15/h3-9,11H,10H2,1-2H3,(H,17,19)/t11-/m0/s1. The largest absolute Gasteiger partial charge is 0.348 e. The van der Waals surface area contributed by atoms with E-state index in [-0.39, 0.29) is 22.7 Å². The van der Waals surface area contributed by atoms with Crippen LogP contribution in [0.15, 0.2) is 50.5 Å². The smallest absolute Gasteiger partial charge is 0.252 e. The van der Waals surface area contributed by atoms with Crippen LogP contribution in [0.5, 0.6) is 0 Å². The summed E-state index contributed by atoms with van der Waals surface area (Å²) in [7, 11) is -2.25. The molecule has 0 saturated heterocycles. The van der Waals surface area contributed by atoms with Crippen molar-refractivity contribution in [2.75, 3.05) is 13.6 Å². The summed E-state index contributed by atoms with van der Waals surface area (Å²) in [4.78, 5) is 12.1. The quantitative estimate of drug-likeness (QED) is 0.786. The van der Waals surface area contributed by atoms with Gasteiger partial charge in [-0.25, -0.2) is 8.42 Å². The molecule has 0 aliphatic heterocycles. The molecule has 1 amide bonds. The van der Waals surface area contributed by atoms with Crippen LogP contribution in [0.2, 0.25) is 0 Å². The van der Waals surface area contributed by atoms with E-state index in [1.807, 2.05) is 37.3 Å². The predicted octanol–water partition coefficient (Wildman–Crippen LogP) is 3.01. The maximum Gasteiger partial charge on any atom is 0.252 e. The SMILES string of the molecule is C[C@H](NC(=O)CN(C)S(=O)(=O)c1ccc(Br)s1)c1ccccc1. The molecule has 2 aromatic rings. The normalized spacial score (nSPS) is 13.0. The average molecular weight is 417 g/mol. The molecule has 0 aliphatic rings. The number of likely N-dealkylation sites (N-methyl/N-ethyl adjacent to an activating group) is 1. The molecule has 23 heavy (non-hydrogen) atoms. The van der Waals surface area contributed by atoms with Gasteiger partial charge in [0.25, 0.3) is 10.0 Å². The number of carbonyl (C=O) groups is 1. The van der Waals surface area contributed by atoms with Crippen molar-refractivity contribution in [2.24, 2.45) is 0 Å². The number of amides is 1. The van der Waals surface area contributed by atoms with Crippen molar-refractivity contribution in [1.29, 1.82) is 0 Å². The van der Waals surface area contributed by atoms with E-state index in [0.717, 1.165) is 25.0 Å². The van der Waals surface area contributed by atoms with Gasteiger partial charge in [-0.05, 0) is 40.5 Å². The second-order valence-electron chi connectivity index (χ2n) is 5.02. The third kappa shape index (κ3) is 4.63. The van der Waals surface area contributed by atoms with Crippen LogP contribution in [0.25, 0.3) is 0 Å². The summed E-state index contributed by atoms with van der Waals surface area (Å²) >= 11 is 4.36. The van der Waals surface area contributed by atoms with Crippen molar-refractivity contribution in [1.82, 2.24) is 9.62 Å². The topological polar surface area (TPSA) is 66.5 Å². The molecule has 0 spiro atoms. The zero-order valence-electron chi connectivity index (χ0n) is 12.7. The number of rotatable bonds is 6. The van der Waals surface area contributed by atoms with Crippen molar-refractivity contribution in [2.45, 2.75) is 17.2 Å². The van der Waals surface area contributed by atoms with E-state index >= 15 is 0 Å². The molecular weight excluding hydrogens is 400 g/mol. The van der Waals surface area contributed by atoms with Gasteiger partial charge in [-0.1, -0.05) is 30.3 Å². The monoisotopic (exact) mass is 416 g/mol. The Labute approximate surface area is 148 Å². The number of hydrogen-bond acceptors (Lipinski definition) is 4. The Morgan fingerprint density at radius 3 is 2.48 bits per heavy atom. The molecule has 1 N–H and O–H groups in total. The molecule has 0 bridgehead atoms. The molecule has 0 aliphatic carbocycles. The summed E-state index contributed by atoms with van der Waals surface area (Å²) in [5.41, 5.74) is 0.966. The van der Waals surface area contributed by atoms with Gasteiger partial charge in [-0.15, -0.1) is 11.3 Å². The van der Waals surface area contributed by atoms with E-state index in [1.54, 1.807) is 6.07 Å². The number of benzene rings is 1. The Morgan fingerprint density at radius 1 is 1.26 bits per heavy atom. The van der Waals surface area contributed by atoms with Gasteiger partial charge in [0.2, 0.25) is 5.91 Å². The van der Waals surface area contributed by atoms with E-state index in [2.05, 4.69) is 21.2 Å². The number of sulfonamides is 1. The summed E-state index contributed by atoms with van der Waals surface area (Å²) in [6, 6.07) is 12.5. The van der Waals surface area contributed by atoms with Crippen LogP contribution < -0.4 is 5.32 Å². The zero-order valence-corrected chi connectivity index (χ0v) is 15.9. The minimum absolute atomic E-state index is 0.185. The molecule has 124 valence electrons. The van der Waals surface area contributed by atoms with Gasteiger partial charge in [0.15, 0.2) is 0 Å². The third-order valence-corrected chi connectivity index (χ3v) is 7.15. The Kier molecular flexibility index (Phi) is 5.96. The predicted molar refractivity (Wildman–Crippen MR) is 94.8 cm³/mol. The lowest BCUT2D eigenvalue weighted by molar-refractivity contribution is -0.121. The molecule has 2 rings (SSSR count). The zero-order chi connectivity index (χ0) is 17.0. The van der Waals surface area contributed by atoms with E-state index in [0.29, 0.717) is 0 Å². The van der Waals surface area contributed by atoms with Crippen molar-refractivity contribution >= 4 is 43.2 Å². The first kappa shape index (κ1) is 18.1. The Hall–Kier alpha value is -1.22. The molecule has 0 radical (unpaired) electrons. The van der Waals surface area contributed by atoms with Crippen molar-refractivity contribution in [3.8, 4) is 0 Å². The Bertz CT molecular complexity index is 775. The van der Waals surface area contributed by atoms with Crippen LogP contribution in [0, 0.1) is 0 Å². The van der Waals surface area contributed by atoms with E-state index in [9.17, 15) is 13.2 Å². The van der Waals surface area contributed by atoms with Crippen LogP contribution in [0.1, 0.15) is 18.5 Å². The Morgan fingerprint density at radius 2 is 1.91 bits per heavy atom.